The van der Waals surface area contributed by atoms with Gasteiger partial charge in [-0.15, -0.1) is 0 Å². The Balaban J connectivity index is 2.26. The lowest BCUT2D eigenvalue weighted by atomic mass is 10.1. The third-order valence-corrected chi connectivity index (χ3v) is 5.66. The first kappa shape index (κ1) is 20.5. The first-order chi connectivity index (χ1) is 12.2. The van der Waals surface area contributed by atoms with Gasteiger partial charge in [0.2, 0.25) is 0 Å². The summed E-state index contributed by atoms with van der Waals surface area (Å²) >= 11 is 3.42. The molecule has 2 aromatic carbocycles. The molecule has 0 saturated heterocycles. The Bertz CT molecular complexity index is 881. The van der Waals surface area contributed by atoms with Crippen LogP contribution >= 0.6 is 15.9 Å². The highest BCUT2D eigenvalue weighted by Gasteiger charge is 2.21. The molecule has 0 heterocycles. The maximum absolute atomic E-state index is 12.9. The SMILES string of the molecule is CCS(=O)(=O)Oc1cccc(CN(C(=O)c2ccccc2Br)C(C)C)c1. The lowest BCUT2D eigenvalue weighted by Gasteiger charge is -2.27. The molecule has 7 heteroatoms. The van der Waals surface area contributed by atoms with E-state index in [0.29, 0.717) is 12.1 Å². The van der Waals surface area contributed by atoms with E-state index < -0.39 is 10.1 Å². The molecule has 0 unspecified atom stereocenters. The lowest BCUT2D eigenvalue weighted by Crippen LogP contribution is -2.36. The fourth-order valence-electron chi connectivity index (χ4n) is 2.38. The first-order valence-electron chi connectivity index (χ1n) is 8.30. The molecule has 2 rings (SSSR count). The highest BCUT2D eigenvalue weighted by atomic mass is 79.9. The van der Waals surface area contributed by atoms with Crippen LogP contribution in [0.15, 0.2) is 53.0 Å². The van der Waals surface area contributed by atoms with Crippen molar-refractivity contribution in [2.75, 3.05) is 5.75 Å². The summed E-state index contributed by atoms with van der Waals surface area (Å²) in [6.45, 7) is 5.75. The van der Waals surface area contributed by atoms with Gasteiger partial charge in [-0.1, -0.05) is 24.3 Å². The van der Waals surface area contributed by atoms with Gasteiger partial charge in [0.1, 0.15) is 5.75 Å². The smallest absolute Gasteiger partial charge is 0.308 e. The van der Waals surface area contributed by atoms with E-state index >= 15 is 0 Å². The van der Waals surface area contributed by atoms with Crippen molar-refractivity contribution >= 4 is 32.0 Å². The van der Waals surface area contributed by atoms with Gasteiger partial charge in [-0.3, -0.25) is 4.79 Å². The van der Waals surface area contributed by atoms with Crippen LogP contribution in [0, 0.1) is 0 Å². The molecule has 0 spiro atoms. The minimum absolute atomic E-state index is 0.0291. The van der Waals surface area contributed by atoms with Gasteiger partial charge in [-0.05, 0) is 66.5 Å². The molecule has 26 heavy (non-hydrogen) atoms. The molecule has 1 amide bonds. The molecule has 0 saturated carbocycles. The van der Waals surface area contributed by atoms with Crippen LogP contribution in [0.2, 0.25) is 0 Å². The van der Waals surface area contributed by atoms with Crippen molar-refractivity contribution < 1.29 is 17.4 Å². The van der Waals surface area contributed by atoms with Gasteiger partial charge in [0.05, 0.1) is 11.3 Å². The predicted molar refractivity (Wildman–Crippen MR) is 106 cm³/mol. The second-order valence-electron chi connectivity index (χ2n) is 6.08. The number of rotatable bonds is 7. The quantitative estimate of drug-likeness (QED) is 0.605. The summed E-state index contributed by atoms with van der Waals surface area (Å²) in [5.41, 5.74) is 1.38. The van der Waals surface area contributed by atoms with Crippen molar-refractivity contribution in [3.63, 3.8) is 0 Å². The average Bonchev–Trinajstić information content (AvgIpc) is 2.59. The van der Waals surface area contributed by atoms with Crippen LogP contribution in [0.3, 0.4) is 0 Å². The average molecular weight is 440 g/mol. The maximum Gasteiger partial charge on any atom is 0.308 e. The van der Waals surface area contributed by atoms with E-state index in [1.165, 1.54) is 6.92 Å². The molecule has 0 aliphatic carbocycles. The molecular formula is C19H22BrNO4S. The predicted octanol–water partition coefficient (Wildman–Crippen LogP) is 4.23. The molecule has 5 nitrogen and oxygen atoms in total. The monoisotopic (exact) mass is 439 g/mol. The Labute approximate surface area is 163 Å². The molecule has 0 atom stereocenters. The van der Waals surface area contributed by atoms with Crippen LogP contribution < -0.4 is 4.18 Å². The van der Waals surface area contributed by atoms with E-state index in [0.717, 1.165) is 10.0 Å². The van der Waals surface area contributed by atoms with Gasteiger partial charge in [-0.25, -0.2) is 0 Å². The first-order valence-corrected chi connectivity index (χ1v) is 10.7. The number of hydrogen-bond acceptors (Lipinski definition) is 4. The van der Waals surface area contributed by atoms with Crippen LogP contribution in [0.4, 0.5) is 0 Å². The third-order valence-electron chi connectivity index (χ3n) is 3.82. The molecule has 140 valence electrons. The number of amides is 1. The van der Waals surface area contributed by atoms with Crippen LogP contribution in [-0.2, 0) is 16.7 Å². The number of halogens is 1. The van der Waals surface area contributed by atoms with Crippen molar-refractivity contribution in [1.82, 2.24) is 4.90 Å². The Hall–Kier alpha value is -1.86. The number of carbonyl (C=O) groups excluding carboxylic acids is 1. The van der Waals surface area contributed by atoms with Gasteiger partial charge in [-0.2, -0.15) is 8.42 Å². The van der Waals surface area contributed by atoms with E-state index in [2.05, 4.69) is 15.9 Å². The molecule has 0 bridgehead atoms. The lowest BCUT2D eigenvalue weighted by molar-refractivity contribution is 0.0689. The summed E-state index contributed by atoms with van der Waals surface area (Å²) in [5, 5.41) is 0. The second-order valence-corrected chi connectivity index (χ2v) is 8.80. The number of hydrogen-bond donors (Lipinski definition) is 0. The van der Waals surface area contributed by atoms with Gasteiger partial charge in [0.15, 0.2) is 0 Å². The van der Waals surface area contributed by atoms with Gasteiger partial charge in [0.25, 0.3) is 5.91 Å². The molecule has 0 radical (unpaired) electrons. The van der Waals surface area contributed by atoms with Crippen molar-refractivity contribution in [2.45, 2.75) is 33.4 Å². The summed E-state index contributed by atoms with van der Waals surface area (Å²) < 4.78 is 29.1. The molecule has 2 aromatic rings. The Morgan fingerprint density at radius 3 is 2.46 bits per heavy atom. The zero-order chi connectivity index (χ0) is 19.3. The van der Waals surface area contributed by atoms with E-state index in [1.807, 2.05) is 38.1 Å². The molecular weight excluding hydrogens is 418 g/mol. The van der Waals surface area contributed by atoms with Crippen LogP contribution in [0.25, 0.3) is 0 Å². The second kappa shape index (κ2) is 8.68. The normalized spacial score (nSPS) is 11.4. The summed E-state index contributed by atoms with van der Waals surface area (Å²) in [7, 11) is -3.59. The topological polar surface area (TPSA) is 63.7 Å². The molecule has 0 aliphatic heterocycles. The van der Waals surface area contributed by atoms with Gasteiger partial charge in [0, 0.05) is 17.1 Å². The maximum atomic E-state index is 12.9. The Kier molecular flexibility index (Phi) is 6.83. The standard InChI is InChI=1S/C19H22BrNO4S/c1-4-26(23,24)25-16-9-7-8-15(12-16)13-21(14(2)3)19(22)17-10-5-6-11-18(17)20/h5-12,14H,4,13H2,1-3H3. The highest BCUT2D eigenvalue weighted by Crippen LogP contribution is 2.22. The van der Waals surface area contributed by atoms with E-state index in [9.17, 15) is 13.2 Å². The van der Waals surface area contributed by atoms with E-state index in [1.54, 1.807) is 29.2 Å². The third kappa shape index (κ3) is 5.32. The van der Waals surface area contributed by atoms with Crippen LogP contribution in [0.1, 0.15) is 36.7 Å². The molecule has 0 fully saturated rings. The van der Waals surface area contributed by atoms with Crippen molar-refractivity contribution in [2.24, 2.45) is 0 Å². The van der Waals surface area contributed by atoms with E-state index in [4.69, 9.17) is 4.18 Å². The summed E-state index contributed by atoms with van der Waals surface area (Å²) in [5.74, 6) is 0.0527. The fraction of sp³-hybridized carbons (Fsp3) is 0.316. The van der Waals surface area contributed by atoms with Crippen molar-refractivity contribution in [3.05, 3.63) is 64.1 Å². The summed E-state index contributed by atoms with van der Waals surface area (Å²) in [4.78, 5) is 14.7. The van der Waals surface area contributed by atoms with Crippen LogP contribution in [0.5, 0.6) is 5.75 Å². The van der Waals surface area contributed by atoms with Gasteiger partial charge < -0.3 is 9.08 Å². The van der Waals surface area contributed by atoms with Gasteiger partial charge >= 0.3 is 10.1 Å². The fourth-order valence-corrected chi connectivity index (χ4v) is 3.35. The largest absolute Gasteiger partial charge is 0.382 e. The Morgan fingerprint density at radius 1 is 1.15 bits per heavy atom. The molecule has 0 N–H and O–H groups in total. The summed E-state index contributed by atoms with van der Waals surface area (Å²) in [6.07, 6.45) is 0. The minimum Gasteiger partial charge on any atom is -0.382 e. The number of benzene rings is 2. The zero-order valence-electron chi connectivity index (χ0n) is 15.0. The number of carbonyl (C=O) groups is 1. The van der Waals surface area contributed by atoms with Crippen molar-refractivity contribution in [1.29, 1.82) is 0 Å². The summed E-state index contributed by atoms with van der Waals surface area (Å²) in [6, 6.07) is 14.0. The van der Waals surface area contributed by atoms with Crippen molar-refractivity contribution in [3.8, 4) is 5.75 Å². The van der Waals surface area contributed by atoms with E-state index in [-0.39, 0.29) is 23.5 Å². The number of nitrogens with zero attached hydrogens (tertiary/aromatic N) is 1. The minimum atomic E-state index is -3.59. The molecule has 0 aromatic heterocycles. The Morgan fingerprint density at radius 2 is 1.85 bits per heavy atom. The molecule has 0 aliphatic rings. The highest BCUT2D eigenvalue weighted by molar-refractivity contribution is 9.10. The zero-order valence-corrected chi connectivity index (χ0v) is 17.4. The van der Waals surface area contributed by atoms with Crippen LogP contribution in [-0.4, -0.2) is 31.0 Å².